The molecule has 1 N–H and O–H groups in total. The quantitative estimate of drug-likeness (QED) is 0.326. The van der Waals surface area contributed by atoms with Gasteiger partial charge in [-0.1, -0.05) is 46.3 Å². The van der Waals surface area contributed by atoms with Gasteiger partial charge in [-0.3, -0.25) is 4.79 Å². The Hall–Kier alpha value is -2.90. The van der Waals surface area contributed by atoms with Gasteiger partial charge < -0.3 is 5.32 Å². The Morgan fingerprint density at radius 2 is 1.36 bits per heavy atom. The van der Waals surface area contributed by atoms with Gasteiger partial charge in [-0.2, -0.15) is 30.6 Å². The summed E-state index contributed by atoms with van der Waals surface area (Å²) in [5.41, 5.74) is -3.50. The van der Waals surface area contributed by atoms with E-state index in [-0.39, 0.29) is 17.5 Å². The number of nitrogens with zero attached hydrogens (tertiary/aromatic N) is 1. The lowest BCUT2D eigenvalue weighted by molar-refractivity contribution is -0.143. The third kappa shape index (κ3) is 7.08. The normalized spacial score (nSPS) is 12.6. The van der Waals surface area contributed by atoms with Crippen LogP contribution in [0, 0.1) is 0 Å². The number of carbonyl (C=O) groups excluding carboxylic acids is 1. The molecular formula is C23H17BrF6N2O3S. The smallest absolute Gasteiger partial charge is 0.325 e. The van der Waals surface area contributed by atoms with E-state index in [0.717, 1.165) is 4.31 Å². The standard InChI is InChI=1S/C23H17BrF6N2O3S/c24-18-6-8-20(9-7-18)36(34,35)32(13-15-4-2-1-3-5-15)14-21(33)31-19-11-16(22(25,26)27)10-17(12-19)23(28,29)30/h1-12H,13-14H2,(H,31,33). The molecule has 0 radical (unpaired) electrons. The zero-order valence-electron chi connectivity index (χ0n) is 18.1. The molecule has 36 heavy (non-hydrogen) atoms. The molecule has 13 heteroatoms. The third-order valence-electron chi connectivity index (χ3n) is 4.84. The van der Waals surface area contributed by atoms with Gasteiger partial charge in [0.15, 0.2) is 0 Å². The lowest BCUT2D eigenvalue weighted by Crippen LogP contribution is -2.37. The summed E-state index contributed by atoms with van der Waals surface area (Å²) < 4.78 is 107. The molecule has 1 amide bonds. The highest BCUT2D eigenvalue weighted by molar-refractivity contribution is 9.10. The van der Waals surface area contributed by atoms with Crippen LogP contribution < -0.4 is 5.32 Å². The molecule has 0 aliphatic heterocycles. The number of nitrogens with one attached hydrogen (secondary N) is 1. The van der Waals surface area contributed by atoms with E-state index in [1.165, 1.54) is 24.3 Å². The van der Waals surface area contributed by atoms with Gasteiger partial charge in [-0.25, -0.2) is 8.42 Å². The molecule has 0 spiro atoms. The number of benzene rings is 3. The summed E-state index contributed by atoms with van der Waals surface area (Å²) in [5, 5.41) is 1.96. The largest absolute Gasteiger partial charge is 0.416 e. The van der Waals surface area contributed by atoms with Crippen LogP contribution in [0.1, 0.15) is 16.7 Å². The van der Waals surface area contributed by atoms with Crippen molar-refractivity contribution in [2.24, 2.45) is 0 Å². The number of alkyl halides is 6. The number of amides is 1. The monoisotopic (exact) mass is 594 g/mol. The maximum absolute atomic E-state index is 13.2. The Bertz CT molecular complexity index is 1300. The molecule has 3 aromatic carbocycles. The summed E-state index contributed by atoms with van der Waals surface area (Å²) in [6, 6.07) is 14.3. The van der Waals surface area contributed by atoms with E-state index in [1.807, 2.05) is 5.32 Å². The van der Waals surface area contributed by atoms with Gasteiger partial charge in [-0.05, 0) is 48.0 Å². The number of carbonyl (C=O) groups is 1. The van der Waals surface area contributed by atoms with Crippen molar-refractivity contribution in [3.63, 3.8) is 0 Å². The minimum atomic E-state index is -5.11. The Labute approximate surface area is 210 Å². The summed E-state index contributed by atoms with van der Waals surface area (Å²) >= 11 is 3.19. The summed E-state index contributed by atoms with van der Waals surface area (Å²) in [4.78, 5) is 12.5. The van der Waals surface area contributed by atoms with E-state index in [4.69, 9.17) is 0 Å². The second kappa shape index (κ2) is 10.6. The first kappa shape index (κ1) is 27.7. The number of rotatable bonds is 7. The second-order valence-electron chi connectivity index (χ2n) is 7.56. The van der Waals surface area contributed by atoms with Crippen molar-refractivity contribution in [3.8, 4) is 0 Å². The van der Waals surface area contributed by atoms with Gasteiger partial charge in [0.05, 0.1) is 22.6 Å². The average molecular weight is 595 g/mol. The van der Waals surface area contributed by atoms with E-state index >= 15 is 0 Å². The van der Waals surface area contributed by atoms with E-state index in [0.29, 0.717) is 22.2 Å². The van der Waals surface area contributed by atoms with E-state index in [2.05, 4.69) is 15.9 Å². The molecule has 0 saturated heterocycles. The van der Waals surface area contributed by atoms with Crippen LogP contribution >= 0.6 is 15.9 Å². The van der Waals surface area contributed by atoms with Crippen molar-refractivity contribution < 1.29 is 39.6 Å². The van der Waals surface area contributed by atoms with Gasteiger partial charge >= 0.3 is 12.4 Å². The zero-order valence-corrected chi connectivity index (χ0v) is 20.5. The molecule has 0 saturated carbocycles. The molecule has 0 bridgehead atoms. The van der Waals surface area contributed by atoms with Crippen molar-refractivity contribution >= 4 is 37.5 Å². The fourth-order valence-electron chi connectivity index (χ4n) is 3.16. The molecule has 0 fully saturated rings. The highest BCUT2D eigenvalue weighted by Crippen LogP contribution is 2.37. The minimum absolute atomic E-state index is 0.0741. The molecule has 5 nitrogen and oxygen atoms in total. The maximum atomic E-state index is 13.2. The Morgan fingerprint density at radius 3 is 1.86 bits per heavy atom. The molecule has 0 aliphatic carbocycles. The van der Waals surface area contributed by atoms with E-state index in [1.54, 1.807) is 30.3 Å². The third-order valence-corrected chi connectivity index (χ3v) is 7.18. The Morgan fingerprint density at radius 1 is 0.833 bits per heavy atom. The molecule has 0 atom stereocenters. The van der Waals surface area contributed by atoms with Gasteiger partial charge in [0.2, 0.25) is 15.9 Å². The SMILES string of the molecule is O=C(CN(Cc1ccccc1)S(=O)(=O)c1ccc(Br)cc1)Nc1cc(C(F)(F)F)cc(C(F)(F)F)c1. The lowest BCUT2D eigenvalue weighted by Gasteiger charge is -2.22. The number of halogens is 7. The van der Waals surface area contributed by atoms with Crippen molar-refractivity contribution in [1.29, 1.82) is 0 Å². The first-order valence-electron chi connectivity index (χ1n) is 10.1. The predicted molar refractivity (Wildman–Crippen MR) is 123 cm³/mol. The van der Waals surface area contributed by atoms with Crippen LogP contribution in [-0.2, 0) is 33.7 Å². The summed E-state index contributed by atoms with van der Waals surface area (Å²) in [5.74, 6) is -1.13. The highest BCUT2D eigenvalue weighted by Gasteiger charge is 2.37. The number of anilines is 1. The maximum Gasteiger partial charge on any atom is 0.416 e. The fourth-order valence-corrected chi connectivity index (χ4v) is 4.81. The summed E-state index contributed by atoms with van der Waals surface area (Å²) in [6.45, 7) is -1.14. The minimum Gasteiger partial charge on any atom is -0.325 e. The summed E-state index contributed by atoms with van der Waals surface area (Å²) in [7, 11) is -4.27. The van der Waals surface area contributed by atoms with E-state index in [9.17, 15) is 39.6 Å². The summed E-state index contributed by atoms with van der Waals surface area (Å²) in [6.07, 6.45) is -10.2. The van der Waals surface area contributed by atoms with Crippen LogP contribution in [-0.4, -0.2) is 25.2 Å². The van der Waals surface area contributed by atoms with Gasteiger partial charge in [0.1, 0.15) is 0 Å². The molecule has 0 aliphatic rings. The number of sulfonamides is 1. The molecule has 0 heterocycles. The van der Waals surface area contributed by atoms with Gasteiger partial charge in [0, 0.05) is 16.7 Å². The topological polar surface area (TPSA) is 66.5 Å². The van der Waals surface area contributed by atoms with Crippen LogP contribution in [0.2, 0.25) is 0 Å². The number of hydrogen-bond donors (Lipinski definition) is 1. The number of hydrogen-bond acceptors (Lipinski definition) is 3. The van der Waals surface area contributed by atoms with Crippen LogP contribution in [0.25, 0.3) is 0 Å². The molecule has 192 valence electrons. The Balaban J connectivity index is 1.93. The molecular weight excluding hydrogens is 578 g/mol. The van der Waals surface area contributed by atoms with Crippen LogP contribution in [0.15, 0.2) is 82.2 Å². The van der Waals surface area contributed by atoms with Gasteiger partial charge in [0.25, 0.3) is 0 Å². The molecule has 3 rings (SSSR count). The second-order valence-corrected chi connectivity index (χ2v) is 10.4. The van der Waals surface area contributed by atoms with Crippen LogP contribution in [0.4, 0.5) is 32.0 Å². The van der Waals surface area contributed by atoms with Crippen molar-refractivity contribution in [3.05, 3.63) is 94.0 Å². The lowest BCUT2D eigenvalue weighted by atomic mass is 10.1. The van der Waals surface area contributed by atoms with Crippen molar-refractivity contribution in [2.75, 3.05) is 11.9 Å². The van der Waals surface area contributed by atoms with Gasteiger partial charge in [-0.15, -0.1) is 0 Å². The first-order valence-corrected chi connectivity index (χ1v) is 12.3. The molecule has 0 aromatic heterocycles. The zero-order chi connectivity index (χ0) is 26.7. The van der Waals surface area contributed by atoms with Crippen molar-refractivity contribution in [2.45, 2.75) is 23.8 Å². The van der Waals surface area contributed by atoms with E-state index < -0.39 is 51.6 Å². The predicted octanol–water partition coefficient (Wildman–Crippen LogP) is 6.32. The van der Waals surface area contributed by atoms with Crippen LogP contribution in [0.5, 0.6) is 0 Å². The molecule has 0 unspecified atom stereocenters. The Kier molecular flexibility index (Phi) is 8.16. The average Bonchev–Trinajstić information content (AvgIpc) is 2.78. The highest BCUT2D eigenvalue weighted by atomic mass is 79.9. The fraction of sp³-hybridized carbons (Fsp3) is 0.174. The first-order chi connectivity index (χ1) is 16.7. The molecule has 3 aromatic rings. The van der Waals surface area contributed by atoms with Crippen LogP contribution in [0.3, 0.4) is 0 Å². The van der Waals surface area contributed by atoms with Crippen molar-refractivity contribution in [1.82, 2.24) is 4.31 Å².